The van der Waals surface area contributed by atoms with Gasteiger partial charge < -0.3 is 33.2 Å². The predicted octanol–water partition coefficient (Wildman–Crippen LogP) is 3.30. The van der Waals surface area contributed by atoms with Crippen molar-refractivity contribution in [2.45, 2.75) is 116 Å². The molecule has 282 valence electrons. The number of carbonyl (C=O) groups excluding carboxylic acids is 7. The summed E-state index contributed by atoms with van der Waals surface area (Å²) >= 11 is 0. The first-order valence-corrected chi connectivity index (χ1v) is 17.7. The zero-order chi connectivity index (χ0) is 38.1. The van der Waals surface area contributed by atoms with E-state index in [1.54, 1.807) is 58.0 Å². The number of fused-ring (bicyclic) bond motifs is 2. The van der Waals surface area contributed by atoms with Crippen LogP contribution in [0.25, 0.3) is 0 Å². The molecule has 52 heavy (non-hydrogen) atoms. The van der Waals surface area contributed by atoms with E-state index in [9.17, 15) is 28.8 Å². The lowest BCUT2D eigenvalue weighted by molar-refractivity contribution is -0.258. The maximum Gasteiger partial charge on any atom is 0.338 e. The van der Waals surface area contributed by atoms with Crippen molar-refractivity contribution in [3.8, 4) is 0 Å². The number of ketones is 1. The maximum atomic E-state index is 15.5. The summed E-state index contributed by atoms with van der Waals surface area (Å²) in [6, 6.07) is 8.12. The van der Waals surface area contributed by atoms with Gasteiger partial charge in [0.05, 0.1) is 23.5 Å². The molecule has 1 aliphatic heterocycles. The molecule has 14 heteroatoms. The van der Waals surface area contributed by atoms with E-state index in [2.05, 4.69) is 0 Å². The summed E-state index contributed by atoms with van der Waals surface area (Å²) in [7, 11) is 0. The van der Waals surface area contributed by atoms with Gasteiger partial charge in [-0.15, -0.1) is 0 Å². The van der Waals surface area contributed by atoms with E-state index in [-0.39, 0.29) is 24.8 Å². The van der Waals surface area contributed by atoms with E-state index < -0.39 is 124 Å². The molecule has 2 bridgehead atoms. The van der Waals surface area contributed by atoms with Crippen LogP contribution >= 0.6 is 0 Å². The molecule has 1 aromatic carbocycles. The number of rotatable bonds is 8. The van der Waals surface area contributed by atoms with E-state index in [4.69, 9.17) is 33.2 Å². The average molecular weight is 727 g/mol. The number of hydrogen-bond donors (Lipinski definition) is 0. The molecule has 0 N–H and O–H groups in total. The zero-order valence-electron chi connectivity index (χ0n) is 30.6. The second-order valence-electron chi connectivity index (χ2n) is 15.4. The molecule has 0 spiro atoms. The highest BCUT2D eigenvalue weighted by molar-refractivity contribution is 5.97. The Hall–Kier alpha value is -4.33. The van der Waals surface area contributed by atoms with Crippen molar-refractivity contribution in [2.24, 2.45) is 35.0 Å². The molecule has 1 saturated heterocycles. The van der Waals surface area contributed by atoms with E-state index in [1.165, 1.54) is 20.8 Å². The van der Waals surface area contributed by atoms with Crippen LogP contribution in [0.5, 0.6) is 0 Å². The van der Waals surface area contributed by atoms with Crippen molar-refractivity contribution in [2.75, 3.05) is 6.61 Å². The monoisotopic (exact) mass is 726 g/mol. The molecule has 4 saturated carbocycles. The van der Waals surface area contributed by atoms with Crippen molar-refractivity contribution in [1.82, 2.24) is 0 Å². The van der Waals surface area contributed by atoms with Crippen molar-refractivity contribution < 1.29 is 66.7 Å². The SMILES string of the molecule is CCC(=O)O[C@@H]1C2C(OC(C)=O)C34COC(C)([C@@H]3C3C(C[C@]3(C)OC(C)=O)[C@@H](OC(=O)c3ccccc3)C4=O)[C@H](OC(C)=O)[C@@]2(OC(C)=O)C[C@@H]1C. The highest BCUT2D eigenvalue weighted by Crippen LogP contribution is 2.73. The number of hydrogen-bond acceptors (Lipinski definition) is 14. The van der Waals surface area contributed by atoms with Crippen LogP contribution < -0.4 is 0 Å². The van der Waals surface area contributed by atoms with Gasteiger partial charge in [0.1, 0.15) is 23.4 Å². The third-order valence-electron chi connectivity index (χ3n) is 12.1. The molecule has 6 rings (SSSR count). The Labute approximate surface area is 301 Å². The van der Waals surface area contributed by atoms with Gasteiger partial charge in [-0.2, -0.15) is 0 Å². The molecule has 14 nitrogen and oxygen atoms in total. The lowest BCUT2D eigenvalue weighted by atomic mass is 9.42. The van der Waals surface area contributed by atoms with Gasteiger partial charge in [-0.25, -0.2) is 4.79 Å². The molecule has 4 aliphatic carbocycles. The summed E-state index contributed by atoms with van der Waals surface area (Å²) < 4.78 is 43.5. The van der Waals surface area contributed by atoms with Crippen LogP contribution in [0.15, 0.2) is 30.3 Å². The zero-order valence-corrected chi connectivity index (χ0v) is 30.6. The molecular weight excluding hydrogens is 680 g/mol. The molecule has 5 aliphatic rings. The van der Waals surface area contributed by atoms with Gasteiger partial charge in [0, 0.05) is 51.9 Å². The molecule has 1 aromatic rings. The van der Waals surface area contributed by atoms with Crippen LogP contribution in [-0.4, -0.2) is 89.4 Å². The summed E-state index contributed by atoms with van der Waals surface area (Å²) in [6.45, 7) is 11.1. The van der Waals surface area contributed by atoms with Crippen molar-refractivity contribution >= 4 is 41.6 Å². The van der Waals surface area contributed by atoms with Crippen LogP contribution in [0.3, 0.4) is 0 Å². The first kappa shape index (κ1) is 37.4. The predicted molar refractivity (Wildman–Crippen MR) is 176 cm³/mol. The molecule has 0 aromatic heterocycles. The fourth-order valence-electron chi connectivity index (χ4n) is 10.7. The highest BCUT2D eigenvalue weighted by Gasteiger charge is 2.86. The number of ether oxygens (including phenoxy) is 7. The Bertz CT molecular complexity index is 1690. The summed E-state index contributed by atoms with van der Waals surface area (Å²) in [5.74, 6) is -9.31. The third kappa shape index (κ3) is 5.50. The third-order valence-corrected chi connectivity index (χ3v) is 12.1. The number of esters is 6. The number of benzene rings is 1. The van der Waals surface area contributed by atoms with E-state index in [1.807, 2.05) is 0 Å². The first-order chi connectivity index (χ1) is 24.4. The Morgan fingerprint density at radius 2 is 1.44 bits per heavy atom. The molecule has 0 radical (unpaired) electrons. The summed E-state index contributed by atoms with van der Waals surface area (Å²) in [4.78, 5) is 94.4. The van der Waals surface area contributed by atoms with Gasteiger partial charge in [0.2, 0.25) is 0 Å². The fourth-order valence-corrected chi connectivity index (χ4v) is 10.7. The van der Waals surface area contributed by atoms with Crippen molar-refractivity contribution in [3.63, 3.8) is 0 Å². The summed E-state index contributed by atoms with van der Waals surface area (Å²) in [5, 5.41) is 0. The second-order valence-corrected chi connectivity index (χ2v) is 15.4. The minimum atomic E-state index is -1.88. The van der Waals surface area contributed by atoms with Gasteiger partial charge in [0.25, 0.3) is 0 Å². The number of carbonyl (C=O) groups is 7. The number of Topliss-reactive ketones (excluding diaryl/α,β-unsaturated/α-hetero) is 1. The van der Waals surface area contributed by atoms with E-state index >= 15 is 4.79 Å². The molecule has 5 fully saturated rings. The summed E-state index contributed by atoms with van der Waals surface area (Å²) in [6.07, 6.45) is -5.43. The Balaban J connectivity index is 1.66. The van der Waals surface area contributed by atoms with Crippen molar-refractivity contribution in [3.05, 3.63) is 35.9 Å². The standard InChI is InChI=1S/C38H46O14/c1-9-25(43)49-28-18(2)15-38(52-22(6)42)27(28)32(47-19(3)39)37-17-46-36(8,34(38)48-20(4)40)30(37)26-24(16-35(26,7)51-21(5)41)29(31(37)44)50-33(45)23-13-11-10-12-14-23/h10-14,18,24,26-30,32,34H,9,15-17H2,1-8H3/t18-,24?,26?,27?,28-,29+,30-,32?,34-,35-,36?,37?,38+/m0/s1. The van der Waals surface area contributed by atoms with Gasteiger partial charge in [-0.05, 0) is 44.7 Å². The van der Waals surface area contributed by atoms with Crippen LogP contribution in [-0.2, 0) is 61.9 Å². The lowest BCUT2D eigenvalue weighted by Gasteiger charge is -2.64. The van der Waals surface area contributed by atoms with Crippen LogP contribution in [0.2, 0.25) is 0 Å². The minimum absolute atomic E-state index is 0.0162. The van der Waals surface area contributed by atoms with Crippen molar-refractivity contribution in [1.29, 1.82) is 0 Å². The lowest BCUT2D eigenvalue weighted by Crippen LogP contribution is -2.75. The minimum Gasteiger partial charge on any atom is -0.461 e. The molecule has 13 atom stereocenters. The topological polar surface area (TPSA) is 184 Å². The van der Waals surface area contributed by atoms with Gasteiger partial charge >= 0.3 is 35.8 Å². The van der Waals surface area contributed by atoms with Crippen LogP contribution in [0, 0.1) is 35.0 Å². The molecule has 1 heterocycles. The Morgan fingerprint density at radius 3 is 2.02 bits per heavy atom. The molecule has 0 amide bonds. The molecule has 6 unspecified atom stereocenters. The van der Waals surface area contributed by atoms with Gasteiger partial charge in [-0.3, -0.25) is 28.8 Å². The smallest absolute Gasteiger partial charge is 0.338 e. The quantitative estimate of drug-likeness (QED) is 0.281. The Kier molecular flexibility index (Phi) is 9.33. The fraction of sp³-hybridized carbons (Fsp3) is 0.658. The summed E-state index contributed by atoms with van der Waals surface area (Å²) in [5.41, 5.74) is -6.46. The highest BCUT2D eigenvalue weighted by atomic mass is 16.6. The van der Waals surface area contributed by atoms with Gasteiger partial charge in [-0.1, -0.05) is 32.0 Å². The van der Waals surface area contributed by atoms with Crippen LogP contribution in [0.4, 0.5) is 0 Å². The van der Waals surface area contributed by atoms with E-state index in [0.717, 1.165) is 6.92 Å². The van der Waals surface area contributed by atoms with Gasteiger partial charge in [0.15, 0.2) is 23.6 Å². The molecular formula is C38H46O14. The Morgan fingerprint density at radius 1 is 0.808 bits per heavy atom. The van der Waals surface area contributed by atoms with Crippen LogP contribution in [0.1, 0.15) is 85.0 Å². The largest absolute Gasteiger partial charge is 0.461 e. The van der Waals surface area contributed by atoms with E-state index in [0.29, 0.717) is 0 Å². The average Bonchev–Trinajstić information content (AvgIpc) is 3.48. The normalized spacial score (nSPS) is 41.1. The second kappa shape index (κ2) is 13.0. The maximum absolute atomic E-state index is 15.5. The first-order valence-electron chi connectivity index (χ1n) is 17.7.